The standard InChI is InChI=1S/C16H11ClN4O/c17-12-4-1-3-11(7-12)8-21-10-20-15-14(13-5-2-6-22-13)18-9-19-16(15)21/h1-7,9-10H,8H2. The van der Waals surface area contributed by atoms with Crippen LogP contribution in [0.1, 0.15) is 5.56 Å². The van der Waals surface area contributed by atoms with Crippen LogP contribution in [0.15, 0.2) is 59.7 Å². The normalized spacial score (nSPS) is 11.1. The lowest BCUT2D eigenvalue weighted by Gasteiger charge is -2.04. The van der Waals surface area contributed by atoms with Gasteiger partial charge < -0.3 is 8.98 Å². The molecule has 0 fully saturated rings. The maximum absolute atomic E-state index is 6.03. The topological polar surface area (TPSA) is 56.7 Å². The highest BCUT2D eigenvalue weighted by atomic mass is 35.5. The van der Waals surface area contributed by atoms with Gasteiger partial charge in [-0.3, -0.25) is 0 Å². The van der Waals surface area contributed by atoms with Crippen LogP contribution in [-0.4, -0.2) is 19.5 Å². The largest absolute Gasteiger partial charge is 0.463 e. The number of aromatic nitrogens is 4. The van der Waals surface area contributed by atoms with E-state index in [0.29, 0.717) is 23.0 Å². The van der Waals surface area contributed by atoms with Crippen LogP contribution < -0.4 is 0 Å². The second kappa shape index (κ2) is 5.27. The molecule has 0 radical (unpaired) electrons. The van der Waals surface area contributed by atoms with Crippen LogP contribution in [-0.2, 0) is 6.54 Å². The van der Waals surface area contributed by atoms with Gasteiger partial charge in [0.05, 0.1) is 19.1 Å². The molecule has 0 aliphatic rings. The van der Waals surface area contributed by atoms with Crippen LogP contribution in [0.4, 0.5) is 0 Å². The Hall–Kier alpha value is -2.66. The number of halogens is 1. The summed E-state index contributed by atoms with van der Waals surface area (Å²) < 4.78 is 7.38. The van der Waals surface area contributed by atoms with Gasteiger partial charge in [-0.2, -0.15) is 0 Å². The van der Waals surface area contributed by atoms with Crippen LogP contribution in [0.2, 0.25) is 5.02 Å². The third kappa shape index (κ3) is 2.25. The van der Waals surface area contributed by atoms with Gasteiger partial charge >= 0.3 is 0 Å². The van der Waals surface area contributed by atoms with Crippen LogP contribution in [0.3, 0.4) is 0 Å². The van der Waals surface area contributed by atoms with Gasteiger partial charge in [0.15, 0.2) is 11.4 Å². The lowest BCUT2D eigenvalue weighted by Crippen LogP contribution is -1.99. The molecule has 0 aliphatic heterocycles. The van der Waals surface area contributed by atoms with Crippen molar-refractivity contribution in [1.82, 2.24) is 19.5 Å². The van der Waals surface area contributed by atoms with Gasteiger partial charge in [-0.05, 0) is 29.8 Å². The van der Waals surface area contributed by atoms with Crippen molar-refractivity contribution < 1.29 is 4.42 Å². The third-order valence-electron chi connectivity index (χ3n) is 3.40. The summed E-state index contributed by atoms with van der Waals surface area (Å²) in [6.07, 6.45) is 4.90. The van der Waals surface area contributed by atoms with Crippen molar-refractivity contribution in [3.05, 3.63) is 65.9 Å². The van der Waals surface area contributed by atoms with E-state index >= 15 is 0 Å². The summed E-state index contributed by atoms with van der Waals surface area (Å²) in [7, 11) is 0. The first-order valence-electron chi connectivity index (χ1n) is 6.75. The summed E-state index contributed by atoms with van der Waals surface area (Å²) in [6.45, 7) is 0.645. The smallest absolute Gasteiger partial charge is 0.164 e. The average molecular weight is 311 g/mol. The van der Waals surface area contributed by atoms with Gasteiger partial charge in [0.1, 0.15) is 17.5 Å². The van der Waals surface area contributed by atoms with E-state index in [1.807, 2.05) is 41.0 Å². The van der Waals surface area contributed by atoms with E-state index in [-0.39, 0.29) is 0 Å². The predicted octanol–water partition coefficient (Wildman–Crippen LogP) is 3.79. The molecule has 3 aromatic heterocycles. The molecule has 4 aromatic rings. The van der Waals surface area contributed by atoms with Crippen LogP contribution >= 0.6 is 11.6 Å². The van der Waals surface area contributed by atoms with Crippen molar-refractivity contribution in [2.75, 3.05) is 0 Å². The second-order valence-electron chi connectivity index (χ2n) is 4.87. The van der Waals surface area contributed by atoms with Gasteiger partial charge in [-0.15, -0.1) is 0 Å². The molecular formula is C16H11ClN4O. The molecule has 0 saturated carbocycles. The third-order valence-corrected chi connectivity index (χ3v) is 3.63. The quantitative estimate of drug-likeness (QED) is 0.577. The summed E-state index contributed by atoms with van der Waals surface area (Å²) in [5.74, 6) is 0.681. The Morgan fingerprint density at radius 2 is 2.05 bits per heavy atom. The van der Waals surface area contributed by atoms with Crippen molar-refractivity contribution in [3.8, 4) is 11.5 Å². The van der Waals surface area contributed by atoms with Crippen molar-refractivity contribution in [2.45, 2.75) is 6.54 Å². The maximum Gasteiger partial charge on any atom is 0.164 e. The molecule has 1 aromatic carbocycles. The fraction of sp³-hybridized carbons (Fsp3) is 0.0625. The Bertz CT molecular complexity index is 930. The molecule has 108 valence electrons. The van der Waals surface area contributed by atoms with E-state index in [2.05, 4.69) is 15.0 Å². The molecule has 4 rings (SSSR count). The summed E-state index contributed by atoms with van der Waals surface area (Å²) in [4.78, 5) is 13.1. The molecule has 3 heterocycles. The number of furan rings is 1. The Labute approximate surface area is 131 Å². The number of hydrogen-bond acceptors (Lipinski definition) is 4. The summed E-state index contributed by atoms with van der Waals surface area (Å²) in [6, 6.07) is 11.4. The molecule has 0 aliphatic carbocycles. The number of rotatable bonds is 3. The minimum atomic E-state index is 0.645. The lowest BCUT2D eigenvalue weighted by atomic mass is 10.2. The van der Waals surface area contributed by atoms with Crippen molar-refractivity contribution in [3.63, 3.8) is 0 Å². The highest BCUT2D eigenvalue weighted by Crippen LogP contribution is 2.24. The first kappa shape index (κ1) is 13.0. The Kier molecular flexibility index (Phi) is 3.12. The van der Waals surface area contributed by atoms with E-state index < -0.39 is 0 Å². The number of imidazole rings is 1. The van der Waals surface area contributed by atoms with Crippen LogP contribution in [0.25, 0.3) is 22.6 Å². The summed E-state index contributed by atoms with van der Waals surface area (Å²) >= 11 is 6.03. The number of hydrogen-bond donors (Lipinski definition) is 0. The molecule has 0 N–H and O–H groups in total. The van der Waals surface area contributed by atoms with E-state index in [9.17, 15) is 0 Å². The van der Waals surface area contributed by atoms with Gasteiger partial charge in [-0.25, -0.2) is 15.0 Å². The first-order valence-corrected chi connectivity index (χ1v) is 7.13. The molecule has 0 unspecified atom stereocenters. The first-order chi connectivity index (χ1) is 10.8. The summed E-state index contributed by atoms with van der Waals surface area (Å²) in [5.41, 5.74) is 3.27. The molecule has 6 heteroatoms. The monoisotopic (exact) mass is 310 g/mol. The molecular weight excluding hydrogens is 300 g/mol. The van der Waals surface area contributed by atoms with Crippen molar-refractivity contribution in [2.24, 2.45) is 0 Å². The number of benzene rings is 1. The van der Waals surface area contributed by atoms with Gasteiger partial charge in [0.2, 0.25) is 0 Å². The van der Waals surface area contributed by atoms with E-state index in [0.717, 1.165) is 16.7 Å². The Morgan fingerprint density at radius 3 is 2.86 bits per heavy atom. The lowest BCUT2D eigenvalue weighted by molar-refractivity contribution is 0.580. The zero-order valence-electron chi connectivity index (χ0n) is 11.5. The second-order valence-corrected chi connectivity index (χ2v) is 5.31. The molecule has 22 heavy (non-hydrogen) atoms. The fourth-order valence-corrected chi connectivity index (χ4v) is 2.63. The number of fused-ring (bicyclic) bond motifs is 1. The van der Waals surface area contributed by atoms with Crippen LogP contribution in [0, 0.1) is 0 Å². The predicted molar refractivity (Wildman–Crippen MR) is 83.6 cm³/mol. The Balaban J connectivity index is 1.79. The zero-order chi connectivity index (χ0) is 14.9. The zero-order valence-corrected chi connectivity index (χ0v) is 12.2. The highest BCUT2D eigenvalue weighted by Gasteiger charge is 2.13. The maximum atomic E-state index is 6.03. The molecule has 0 bridgehead atoms. The fourth-order valence-electron chi connectivity index (χ4n) is 2.42. The van der Waals surface area contributed by atoms with E-state index in [4.69, 9.17) is 16.0 Å². The minimum Gasteiger partial charge on any atom is -0.463 e. The van der Waals surface area contributed by atoms with Crippen molar-refractivity contribution >= 4 is 22.8 Å². The summed E-state index contributed by atoms with van der Waals surface area (Å²) in [5, 5.41) is 0.716. The van der Waals surface area contributed by atoms with Gasteiger partial charge in [-0.1, -0.05) is 23.7 Å². The molecule has 0 amide bonds. The molecule has 0 atom stereocenters. The SMILES string of the molecule is Clc1cccc(Cn2cnc3c(-c4ccco4)ncnc32)c1. The number of nitrogens with zero attached hydrogens (tertiary/aromatic N) is 4. The molecule has 0 spiro atoms. The Morgan fingerprint density at radius 1 is 1.09 bits per heavy atom. The highest BCUT2D eigenvalue weighted by molar-refractivity contribution is 6.30. The van der Waals surface area contributed by atoms with Crippen molar-refractivity contribution in [1.29, 1.82) is 0 Å². The minimum absolute atomic E-state index is 0.645. The average Bonchev–Trinajstić information content (AvgIpc) is 3.17. The van der Waals surface area contributed by atoms with Gasteiger partial charge in [0.25, 0.3) is 0 Å². The van der Waals surface area contributed by atoms with Crippen LogP contribution in [0.5, 0.6) is 0 Å². The van der Waals surface area contributed by atoms with E-state index in [1.165, 1.54) is 6.33 Å². The van der Waals surface area contributed by atoms with E-state index in [1.54, 1.807) is 12.6 Å². The molecule has 0 saturated heterocycles. The molecule has 5 nitrogen and oxygen atoms in total. The van der Waals surface area contributed by atoms with Gasteiger partial charge in [0, 0.05) is 5.02 Å².